The smallest absolute Gasteiger partial charge is 0.408 e. The zero-order chi connectivity index (χ0) is 20.1. The molecule has 0 saturated heterocycles. The van der Waals surface area contributed by atoms with E-state index < -0.39 is 17.6 Å². The number of rotatable bonds is 8. The molecule has 1 amide bonds. The van der Waals surface area contributed by atoms with Gasteiger partial charge in [0.1, 0.15) is 12.1 Å². The average molecular weight is 379 g/mol. The second kappa shape index (κ2) is 8.30. The van der Waals surface area contributed by atoms with E-state index in [1.54, 1.807) is 6.08 Å². The number of aliphatic carboxylic acids is 1. The zero-order valence-electron chi connectivity index (χ0n) is 16.0. The zero-order valence-corrected chi connectivity index (χ0v) is 16.0. The van der Waals surface area contributed by atoms with Crippen LogP contribution in [-0.2, 0) is 9.53 Å². The summed E-state index contributed by atoms with van der Waals surface area (Å²) < 4.78 is 5.46. The molecule has 0 unspecified atom stereocenters. The first-order valence-corrected chi connectivity index (χ1v) is 9.44. The molecule has 1 atom stereocenters. The van der Waals surface area contributed by atoms with E-state index in [9.17, 15) is 14.7 Å². The Kier molecular flexibility index (Phi) is 5.83. The second-order valence-corrected chi connectivity index (χ2v) is 7.27. The van der Waals surface area contributed by atoms with Crippen molar-refractivity contribution in [3.63, 3.8) is 0 Å². The van der Waals surface area contributed by atoms with E-state index in [1.165, 1.54) is 6.92 Å². The number of carbonyl (C=O) groups excluding carboxylic acids is 1. The lowest BCUT2D eigenvalue weighted by atomic mass is 9.95. The van der Waals surface area contributed by atoms with Crippen LogP contribution < -0.4 is 5.32 Å². The minimum Gasteiger partial charge on any atom is -0.480 e. The summed E-state index contributed by atoms with van der Waals surface area (Å²) in [6.45, 7) is 5.29. The Bertz CT molecular complexity index is 846. The van der Waals surface area contributed by atoms with Gasteiger partial charge in [-0.1, -0.05) is 54.6 Å². The minimum atomic E-state index is -1.37. The minimum absolute atomic E-state index is 0.0602. The van der Waals surface area contributed by atoms with Crippen molar-refractivity contribution in [2.45, 2.75) is 37.6 Å². The van der Waals surface area contributed by atoms with Gasteiger partial charge >= 0.3 is 12.1 Å². The van der Waals surface area contributed by atoms with Crippen molar-refractivity contribution >= 4 is 12.1 Å². The highest BCUT2D eigenvalue weighted by molar-refractivity contribution is 5.84. The summed E-state index contributed by atoms with van der Waals surface area (Å²) >= 11 is 0. The van der Waals surface area contributed by atoms with Crippen LogP contribution in [0.3, 0.4) is 0 Å². The molecule has 146 valence electrons. The normalized spacial score (nSPS) is 14.5. The summed E-state index contributed by atoms with van der Waals surface area (Å²) in [5.41, 5.74) is 3.15. The molecule has 2 N–H and O–H groups in total. The van der Waals surface area contributed by atoms with E-state index in [1.807, 2.05) is 36.4 Å². The molecule has 3 rings (SSSR count). The molecule has 0 bridgehead atoms. The lowest BCUT2D eigenvalue weighted by molar-refractivity contribution is -0.144. The molecule has 5 nitrogen and oxygen atoms in total. The molecular weight excluding hydrogens is 354 g/mol. The first kappa shape index (κ1) is 19.7. The Balaban J connectivity index is 1.69. The molecule has 0 fully saturated rings. The second-order valence-electron chi connectivity index (χ2n) is 7.27. The number of allylic oxidation sites excluding steroid dienone is 1. The molecule has 0 aliphatic heterocycles. The number of hydrogen-bond donors (Lipinski definition) is 2. The van der Waals surface area contributed by atoms with Crippen LogP contribution in [0.15, 0.2) is 61.2 Å². The fraction of sp³-hybridized carbons (Fsp3) is 0.304. The average Bonchev–Trinajstić information content (AvgIpc) is 3.00. The number of unbranched alkanes of at least 4 members (excludes halogenated alkanes) is 1. The third-order valence-electron chi connectivity index (χ3n) is 5.28. The topological polar surface area (TPSA) is 75.6 Å². The number of amides is 1. The van der Waals surface area contributed by atoms with Crippen LogP contribution in [0.25, 0.3) is 11.1 Å². The van der Waals surface area contributed by atoms with Gasteiger partial charge in [-0.25, -0.2) is 9.59 Å². The molecule has 2 aromatic carbocycles. The summed E-state index contributed by atoms with van der Waals surface area (Å²) in [5, 5.41) is 12.1. The van der Waals surface area contributed by atoms with Crippen molar-refractivity contribution in [1.82, 2.24) is 5.32 Å². The van der Waals surface area contributed by atoms with Crippen LogP contribution in [0.2, 0.25) is 0 Å². The fourth-order valence-corrected chi connectivity index (χ4v) is 3.68. The molecule has 28 heavy (non-hydrogen) atoms. The summed E-state index contributed by atoms with van der Waals surface area (Å²) in [5.74, 6) is -1.14. The van der Waals surface area contributed by atoms with Crippen molar-refractivity contribution in [3.05, 3.63) is 72.3 Å². The molecule has 0 saturated carbocycles. The largest absolute Gasteiger partial charge is 0.480 e. The van der Waals surface area contributed by atoms with Crippen LogP contribution in [0, 0.1) is 0 Å². The van der Waals surface area contributed by atoms with Crippen molar-refractivity contribution < 1.29 is 19.4 Å². The highest BCUT2D eigenvalue weighted by atomic mass is 16.5. The van der Waals surface area contributed by atoms with E-state index >= 15 is 0 Å². The monoisotopic (exact) mass is 379 g/mol. The van der Waals surface area contributed by atoms with Gasteiger partial charge in [0.25, 0.3) is 0 Å². The van der Waals surface area contributed by atoms with Gasteiger partial charge in [0, 0.05) is 5.92 Å². The Morgan fingerprint density at radius 2 is 1.71 bits per heavy atom. The molecule has 0 aromatic heterocycles. The first-order chi connectivity index (χ1) is 13.5. The summed E-state index contributed by atoms with van der Waals surface area (Å²) in [6, 6.07) is 16.1. The Morgan fingerprint density at radius 3 is 2.25 bits per heavy atom. The molecule has 1 aliphatic carbocycles. The van der Waals surface area contributed by atoms with Crippen LogP contribution in [-0.4, -0.2) is 29.3 Å². The van der Waals surface area contributed by atoms with Gasteiger partial charge in [0.05, 0.1) is 0 Å². The number of carboxylic acid groups (broad SMARTS) is 1. The Hall–Kier alpha value is -3.08. The highest BCUT2D eigenvalue weighted by Gasteiger charge is 2.35. The number of carboxylic acids is 1. The SMILES string of the molecule is C=CCCC[C@](C)(NC(=O)OCC1c2ccccc2-c2ccccc21)C(=O)O. The summed E-state index contributed by atoms with van der Waals surface area (Å²) in [7, 11) is 0. The number of nitrogens with one attached hydrogen (secondary N) is 1. The number of ether oxygens (including phenoxy) is 1. The Morgan fingerprint density at radius 1 is 1.14 bits per heavy atom. The predicted molar refractivity (Wildman–Crippen MR) is 108 cm³/mol. The van der Waals surface area contributed by atoms with Crippen molar-refractivity contribution in [2.75, 3.05) is 6.61 Å². The maximum absolute atomic E-state index is 12.4. The van der Waals surface area contributed by atoms with Gasteiger partial charge in [-0.3, -0.25) is 0 Å². The van der Waals surface area contributed by atoms with E-state index in [0.717, 1.165) is 22.3 Å². The third kappa shape index (κ3) is 3.93. The van der Waals surface area contributed by atoms with Crippen LogP contribution in [0.5, 0.6) is 0 Å². The number of fused-ring (bicyclic) bond motifs is 3. The predicted octanol–water partition coefficient (Wildman–Crippen LogP) is 4.72. The summed E-state index contributed by atoms with van der Waals surface area (Å²) in [6.07, 6.45) is 2.63. The molecule has 5 heteroatoms. The molecule has 0 radical (unpaired) electrons. The maximum Gasteiger partial charge on any atom is 0.408 e. The molecule has 2 aromatic rings. The summed E-state index contributed by atoms with van der Waals surface area (Å²) in [4.78, 5) is 24.0. The third-order valence-corrected chi connectivity index (χ3v) is 5.28. The molecule has 0 spiro atoms. The molecular formula is C23H25NO4. The fourth-order valence-electron chi connectivity index (χ4n) is 3.68. The number of carbonyl (C=O) groups is 2. The quantitative estimate of drug-likeness (QED) is 0.514. The highest BCUT2D eigenvalue weighted by Crippen LogP contribution is 2.44. The van der Waals surface area contributed by atoms with E-state index in [2.05, 4.69) is 24.0 Å². The van der Waals surface area contributed by atoms with Crippen molar-refractivity contribution in [1.29, 1.82) is 0 Å². The van der Waals surface area contributed by atoms with Crippen LogP contribution in [0.4, 0.5) is 4.79 Å². The number of benzene rings is 2. The number of alkyl carbamates (subject to hydrolysis) is 1. The van der Waals surface area contributed by atoms with Crippen molar-refractivity contribution in [3.8, 4) is 11.1 Å². The van der Waals surface area contributed by atoms with Gasteiger partial charge in [-0.2, -0.15) is 0 Å². The Labute approximate surface area is 165 Å². The van der Waals surface area contributed by atoms with Gasteiger partial charge in [-0.05, 0) is 48.4 Å². The lowest BCUT2D eigenvalue weighted by Gasteiger charge is -2.26. The van der Waals surface area contributed by atoms with Crippen molar-refractivity contribution in [2.24, 2.45) is 0 Å². The molecule has 0 heterocycles. The van der Waals surface area contributed by atoms with E-state index in [4.69, 9.17) is 4.74 Å². The number of hydrogen-bond acceptors (Lipinski definition) is 3. The van der Waals surface area contributed by atoms with E-state index in [-0.39, 0.29) is 12.5 Å². The van der Waals surface area contributed by atoms with Gasteiger partial charge in [0.2, 0.25) is 0 Å². The van der Waals surface area contributed by atoms with Gasteiger partial charge in [-0.15, -0.1) is 6.58 Å². The standard InChI is InChI=1S/C23H25NO4/c1-3-4-9-14-23(2,21(25)26)24-22(27)28-15-20-18-12-7-5-10-16(18)17-11-6-8-13-19(17)20/h3,5-8,10-13,20H,1,4,9,14-15H2,2H3,(H,24,27)(H,25,26)/t23-/m0/s1. The lowest BCUT2D eigenvalue weighted by Crippen LogP contribution is -2.52. The van der Waals surface area contributed by atoms with Crippen LogP contribution >= 0.6 is 0 Å². The van der Waals surface area contributed by atoms with Gasteiger partial charge < -0.3 is 15.2 Å². The molecule has 1 aliphatic rings. The van der Waals surface area contributed by atoms with E-state index in [0.29, 0.717) is 19.3 Å². The van der Waals surface area contributed by atoms with Gasteiger partial charge in [0.15, 0.2) is 0 Å². The van der Waals surface area contributed by atoms with Crippen LogP contribution in [0.1, 0.15) is 43.2 Å². The first-order valence-electron chi connectivity index (χ1n) is 9.44. The maximum atomic E-state index is 12.4.